The van der Waals surface area contributed by atoms with E-state index < -0.39 is 6.10 Å². The van der Waals surface area contributed by atoms with E-state index in [4.69, 9.17) is 0 Å². The molecule has 0 radical (unpaired) electrons. The van der Waals surface area contributed by atoms with Crippen molar-refractivity contribution >= 4 is 15.9 Å². The van der Waals surface area contributed by atoms with Gasteiger partial charge in [-0.05, 0) is 37.6 Å². The zero-order valence-electron chi connectivity index (χ0n) is 10.6. The van der Waals surface area contributed by atoms with Crippen molar-refractivity contribution in [3.05, 3.63) is 51.8 Å². The normalized spacial score (nSPS) is 12.7. The number of rotatable bonds is 4. The second kappa shape index (κ2) is 5.67. The number of hydrogen-bond acceptors (Lipinski definition) is 2. The number of hydrogen-bond donors (Lipinski definition) is 1. The van der Waals surface area contributed by atoms with Gasteiger partial charge in [0, 0.05) is 17.4 Å². The summed E-state index contributed by atoms with van der Waals surface area (Å²) < 4.78 is 2.89. The number of aromatic nitrogens is 2. The van der Waals surface area contributed by atoms with E-state index in [9.17, 15) is 5.11 Å². The van der Waals surface area contributed by atoms with E-state index in [0.29, 0.717) is 6.42 Å². The van der Waals surface area contributed by atoms with Gasteiger partial charge in [-0.3, -0.25) is 4.68 Å². The first-order valence-electron chi connectivity index (χ1n) is 6.07. The summed E-state index contributed by atoms with van der Waals surface area (Å²) in [4.78, 5) is 0. The molecule has 1 unspecified atom stereocenters. The molecule has 0 saturated carbocycles. The van der Waals surface area contributed by atoms with Gasteiger partial charge in [-0.2, -0.15) is 5.10 Å². The molecule has 0 aliphatic carbocycles. The minimum Gasteiger partial charge on any atom is -0.386 e. The summed E-state index contributed by atoms with van der Waals surface area (Å²) in [5.41, 5.74) is 2.94. The Kier molecular flexibility index (Phi) is 4.19. The van der Waals surface area contributed by atoms with Crippen molar-refractivity contribution in [2.24, 2.45) is 0 Å². The fraction of sp³-hybridized carbons (Fsp3) is 0.357. The number of aryl methyl sites for hydroxylation is 2. The summed E-state index contributed by atoms with van der Waals surface area (Å²) in [6.45, 7) is 4.75. The molecule has 4 heteroatoms. The van der Waals surface area contributed by atoms with Crippen molar-refractivity contribution in [3.63, 3.8) is 0 Å². The van der Waals surface area contributed by atoms with Gasteiger partial charge in [0.25, 0.3) is 0 Å². The van der Waals surface area contributed by atoms with E-state index >= 15 is 0 Å². The van der Waals surface area contributed by atoms with Crippen molar-refractivity contribution < 1.29 is 5.11 Å². The van der Waals surface area contributed by atoms with Crippen LogP contribution >= 0.6 is 15.9 Å². The third-order valence-corrected chi connectivity index (χ3v) is 3.39. The van der Waals surface area contributed by atoms with E-state index in [1.165, 1.54) is 0 Å². The van der Waals surface area contributed by atoms with Gasteiger partial charge in [-0.25, -0.2) is 0 Å². The molecule has 0 fully saturated rings. The van der Waals surface area contributed by atoms with Crippen LogP contribution in [0, 0.1) is 6.92 Å². The summed E-state index contributed by atoms with van der Waals surface area (Å²) in [6, 6.07) is 9.97. The minimum atomic E-state index is -0.513. The molecule has 96 valence electrons. The van der Waals surface area contributed by atoms with Crippen molar-refractivity contribution in [3.8, 4) is 0 Å². The quantitative estimate of drug-likeness (QED) is 0.941. The molecule has 1 N–H and O–H groups in total. The number of halogens is 1. The number of benzene rings is 1. The molecule has 1 aromatic carbocycles. The average molecular weight is 309 g/mol. The molecule has 2 rings (SSSR count). The van der Waals surface area contributed by atoms with Crippen molar-refractivity contribution in [2.45, 2.75) is 32.9 Å². The van der Waals surface area contributed by atoms with E-state index in [1.54, 1.807) is 0 Å². The highest BCUT2D eigenvalue weighted by atomic mass is 79.9. The average Bonchev–Trinajstić information content (AvgIpc) is 2.70. The molecule has 0 amide bonds. The Morgan fingerprint density at radius 1 is 1.39 bits per heavy atom. The van der Waals surface area contributed by atoms with Gasteiger partial charge in [0.1, 0.15) is 0 Å². The summed E-state index contributed by atoms with van der Waals surface area (Å²) >= 11 is 3.44. The Morgan fingerprint density at radius 2 is 2.17 bits per heavy atom. The zero-order valence-corrected chi connectivity index (χ0v) is 12.2. The second-order valence-electron chi connectivity index (χ2n) is 4.38. The summed E-state index contributed by atoms with van der Waals surface area (Å²) in [5.74, 6) is 0. The van der Waals surface area contributed by atoms with Gasteiger partial charge in [0.05, 0.1) is 17.5 Å². The Balaban J connectivity index is 2.18. The van der Waals surface area contributed by atoms with Crippen molar-refractivity contribution in [1.29, 1.82) is 0 Å². The van der Waals surface area contributed by atoms with Crippen LogP contribution in [0.3, 0.4) is 0 Å². The lowest BCUT2D eigenvalue weighted by Gasteiger charge is -2.12. The van der Waals surface area contributed by atoms with Gasteiger partial charge in [-0.15, -0.1) is 0 Å². The number of aliphatic hydroxyl groups is 1. The first-order valence-corrected chi connectivity index (χ1v) is 6.86. The van der Waals surface area contributed by atoms with Crippen molar-refractivity contribution in [2.75, 3.05) is 0 Å². The topological polar surface area (TPSA) is 38.0 Å². The van der Waals surface area contributed by atoms with Crippen LogP contribution in [0.5, 0.6) is 0 Å². The van der Waals surface area contributed by atoms with Crippen LogP contribution in [0.15, 0.2) is 34.8 Å². The monoisotopic (exact) mass is 308 g/mol. The summed E-state index contributed by atoms with van der Waals surface area (Å²) in [7, 11) is 0. The Bertz CT molecular complexity index is 536. The largest absolute Gasteiger partial charge is 0.386 e. The molecule has 18 heavy (non-hydrogen) atoms. The number of nitrogens with zero attached hydrogens (tertiary/aromatic N) is 2. The fourth-order valence-electron chi connectivity index (χ4n) is 2.08. The Labute approximate surface area is 116 Å². The third kappa shape index (κ3) is 3.00. The molecule has 2 aromatic rings. The van der Waals surface area contributed by atoms with E-state index in [1.807, 2.05) is 48.9 Å². The molecule has 0 aliphatic rings. The molecule has 1 atom stereocenters. The molecule has 0 aliphatic heterocycles. The highest BCUT2D eigenvalue weighted by Crippen LogP contribution is 2.21. The second-order valence-corrected chi connectivity index (χ2v) is 5.29. The molecular formula is C14H17BrN2O. The van der Waals surface area contributed by atoms with Gasteiger partial charge < -0.3 is 5.11 Å². The van der Waals surface area contributed by atoms with Crippen LogP contribution < -0.4 is 0 Å². The lowest BCUT2D eigenvalue weighted by atomic mass is 10.1. The SMILES string of the molecule is CCn1nc(C)cc1C(O)Cc1cccc(Br)c1. The molecule has 1 heterocycles. The van der Waals surface area contributed by atoms with Crippen LogP contribution in [-0.2, 0) is 13.0 Å². The highest BCUT2D eigenvalue weighted by molar-refractivity contribution is 9.10. The smallest absolute Gasteiger partial charge is 0.0996 e. The van der Waals surface area contributed by atoms with Crippen LogP contribution in [0.1, 0.15) is 30.0 Å². The minimum absolute atomic E-state index is 0.513. The lowest BCUT2D eigenvalue weighted by molar-refractivity contribution is 0.167. The molecular weight excluding hydrogens is 292 g/mol. The van der Waals surface area contributed by atoms with E-state index in [2.05, 4.69) is 21.0 Å². The maximum Gasteiger partial charge on any atom is 0.0996 e. The predicted molar refractivity (Wildman–Crippen MR) is 75.4 cm³/mol. The summed E-state index contributed by atoms with van der Waals surface area (Å²) in [6.07, 6.45) is 0.0883. The molecule has 3 nitrogen and oxygen atoms in total. The maximum absolute atomic E-state index is 10.3. The van der Waals surface area contributed by atoms with Crippen LogP contribution in [-0.4, -0.2) is 14.9 Å². The highest BCUT2D eigenvalue weighted by Gasteiger charge is 2.14. The fourth-order valence-corrected chi connectivity index (χ4v) is 2.53. The van der Waals surface area contributed by atoms with E-state index in [0.717, 1.165) is 28.0 Å². The van der Waals surface area contributed by atoms with Crippen LogP contribution in [0.2, 0.25) is 0 Å². The zero-order chi connectivity index (χ0) is 13.1. The Hall–Kier alpha value is -1.13. The Morgan fingerprint density at radius 3 is 2.83 bits per heavy atom. The predicted octanol–water partition coefficient (Wildman–Crippen LogP) is 3.25. The molecule has 1 aromatic heterocycles. The van der Waals surface area contributed by atoms with E-state index in [-0.39, 0.29) is 0 Å². The van der Waals surface area contributed by atoms with Gasteiger partial charge in [-0.1, -0.05) is 28.1 Å². The molecule has 0 bridgehead atoms. The molecule has 0 spiro atoms. The maximum atomic E-state index is 10.3. The van der Waals surface area contributed by atoms with Gasteiger partial charge in [0.15, 0.2) is 0 Å². The summed E-state index contributed by atoms with van der Waals surface area (Å²) in [5, 5.41) is 14.7. The van der Waals surface area contributed by atoms with Crippen LogP contribution in [0.4, 0.5) is 0 Å². The number of aliphatic hydroxyl groups excluding tert-OH is 1. The van der Waals surface area contributed by atoms with Crippen LogP contribution in [0.25, 0.3) is 0 Å². The molecule has 0 saturated heterocycles. The van der Waals surface area contributed by atoms with Gasteiger partial charge in [0.2, 0.25) is 0 Å². The standard InChI is InChI=1S/C14H17BrN2O/c1-3-17-13(7-10(2)16-17)14(18)9-11-5-4-6-12(15)8-11/h4-8,14,18H,3,9H2,1-2H3. The first kappa shape index (κ1) is 13.3. The van der Waals surface area contributed by atoms with Gasteiger partial charge >= 0.3 is 0 Å². The lowest BCUT2D eigenvalue weighted by Crippen LogP contribution is -2.10. The van der Waals surface area contributed by atoms with Crippen molar-refractivity contribution in [1.82, 2.24) is 9.78 Å². The first-order chi connectivity index (χ1) is 8.60. The third-order valence-electron chi connectivity index (χ3n) is 2.89.